The Labute approximate surface area is 105 Å². The fraction of sp³-hybridized carbons (Fsp3) is 0.133. The van der Waals surface area contributed by atoms with Gasteiger partial charge in [-0.3, -0.25) is 4.79 Å². The van der Waals surface area contributed by atoms with Gasteiger partial charge in [0.25, 0.3) is 0 Å². The molecule has 0 unspecified atom stereocenters. The van der Waals surface area contributed by atoms with Crippen molar-refractivity contribution in [2.75, 3.05) is 0 Å². The van der Waals surface area contributed by atoms with Crippen molar-refractivity contribution in [3.63, 3.8) is 0 Å². The summed E-state index contributed by atoms with van der Waals surface area (Å²) in [6.45, 7) is 0. The Hall–Kier alpha value is -2.13. The van der Waals surface area contributed by atoms with Crippen LogP contribution in [0, 0.1) is 0 Å². The van der Waals surface area contributed by atoms with Crippen molar-refractivity contribution in [3.8, 4) is 5.75 Å². The first-order valence-electron chi connectivity index (χ1n) is 5.72. The molecule has 3 heteroatoms. The average molecular weight is 242 g/mol. The van der Waals surface area contributed by atoms with E-state index in [9.17, 15) is 15.0 Å². The summed E-state index contributed by atoms with van der Waals surface area (Å²) >= 11 is 0. The van der Waals surface area contributed by atoms with E-state index in [-0.39, 0.29) is 23.5 Å². The number of para-hydroxylation sites is 1. The molecule has 0 aliphatic carbocycles. The highest BCUT2D eigenvalue weighted by molar-refractivity contribution is 5.98. The summed E-state index contributed by atoms with van der Waals surface area (Å²) in [5.74, 6) is -0.327. The maximum absolute atomic E-state index is 11.9. The van der Waals surface area contributed by atoms with Gasteiger partial charge in [-0.05, 0) is 17.7 Å². The lowest BCUT2D eigenvalue weighted by molar-refractivity contribution is 0.0877. The Morgan fingerprint density at radius 1 is 1.00 bits per heavy atom. The van der Waals surface area contributed by atoms with E-state index in [1.54, 1.807) is 30.3 Å². The Bertz CT molecular complexity index is 534. The van der Waals surface area contributed by atoms with Crippen molar-refractivity contribution in [1.82, 2.24) is 0 Å². The molecular weight excluding hydrogens is 228 g/mol. The van der Waals surface area contributed by atoms with Gasteiger partial charge in [-0.15, -0.1) is 0 Å². The number of phenols is 1. The van der Waals surface area contributed by atoms with Crippen LogP contribution in [0.25, 0.3) is 0 Å². The van der Waals surface area contributed by atoms with E-state index in [4.69, 9.17) is 0 Å². The topological polar surface area (TPSA) is 57.5 Å². The van der Waals surface area contributed by atoms with E-state index in [1.807, 2.05) is 18.2 Å². The van der Waals surface area contributed by atoms with Gasteiger partial charge in [0.05, 0.1) is 11.7 Å². The second-order valence-electron chi connectivity index (χ2n) is 4.07. The minimum atomic E-state index is -0.849. The van der Waals surface area contributed by atoms with Gasteiger partial charge >= 0.3 is 0 Å². The highest BCUT2D eigenvalue weighted by Gasteiger charge is 2.16. The maximum Gasteiger partial charge on any atom is 0.169 e. The van der Waals surface area contributed by atoms with Crippen molar-refractivity contribution in [2.45, 2.75) is 12.5 Å². The zero-order valence-corrected chi connectivity index (χ0v) is 9.78. The first-order valence-corrected chi connectivity index (χ1v) is 5.72. The molecule has 0 amide bonds. The number of aliphatic hydroxyl groups is 1. The number of carbonyl (C=O) groups excluding carboxylic acids is 1. The number of hydrogen-bond acceptors (Lipinski definition) is 3. The number of benzene rings is 2. The number of rotatable bonds is 4. The van der Waals surface area contributed by atoms with Crippen LogP contribution in [0.5, 0.6) is 5.75 Å². The number of ketones is 1. The van der Waals surface area contributed by atoms with Crippen LogP contribution in [0.1, 0.15) is 28.4 Å². The lowest BCUT2D eigenvalue weighted by Gasteiger charge is -2.10. The molecule has 0 bridgehead atoms. The molecule has 0 heterocycles. The van der Waals surface area contributed by atoms with Crippen LogP contribution in [-0.4, -0.2) is 16.0 Å². The standard InChI is InChI=1S/C15H14O3/c16-13-9-5-4-8-12(13)15(18)10-14(17)11-6-2-1-3-7-11/h1-9,14,16-17H,10H2/t14-/m1/s1. The van der Waals surface area contributed by atoms with Crippen LogP contribution < -0.4 is 0 Å². The highest BCUT2D eigenvalue weighted by Crippen LogP contribution is 2.23. The molecule has 0 saturated heterocycles. The first-order chi connectivity index (χ1) is 8.68. The molecule has 2 aromatic carbocycles. The fourth-order valence-electron chi connectivity index (χ4n) is 1.79. The lowest BCUT2D eigenvalue weighted by atomic mass is 10.00. The summed E-state index contributed by atoms with van der Waals surface area (Å²) in [7, 11) is 0. The quantitative estimate of drug-likeness (QED) is 0.810. The molecule has 2 rings (SSSR count). The van der Waals surface area contributed by atoms with E-state index in [1.165, 1.54) is 6.07 Å². The second kappa shape index (κ2) is 5.47. The SMILES string of the molecule is O=C(C[C@@H](O)c1ccccc1)c1ccccc1O. The van der Waals surface area contributed by atoms with Crippen LogP contribution >= 0.6 is 0 Å². The van der Waals surface area contributed by atoms with Gasteiger partial charge in [0.1, 0.15) is 5.75 Å². The van der Waals surface area contributed by atoms with Gasteiger partial charge in [-0.2, -0.15) is 0 Å². The molecule has 1 atom stereocenters. The predicted molar refractivity (Wildman–Crippen MR) is 68.5 cm³/mol. The van der Waals surface area contributed by atoms with Crippen molar-refractivity contribution in [1.29, 1.82) is 0 Å². The van der Waals surface area contributed by atoms with Gasteiger partial charge in [-0.1, -0.05) is 42.5 Å². The van der Waals surface area contributed by atoms with Crippen molar-refractivity contribution >= 4 is 5.78 Å². The van der Waals surface area contributed by atoms with Crippen molar-refractivity contribution in [3.05, 3.63) is 65.7 Å². The molecular formula is C15H14O3. The number of Topliss-reactive ketones (excluding diaryl/α,β-unsaturated/α-hetero) is 1. The summed E-state index contributed by atoms with van der Waals surface area (Å²) in [6, 6.07) is 15.3. The lowest BCUT2D eigenvalue weighted by Crippen LogP contribution is -2.07. The number of hydrogen-bond donors (Lipinski definition) is 2. The van der Waals surface area contributed by atoms with Gasteiger partial charge < -0.3 is 10.2 Å². The van der Waals surface area contributed by atoms with E-state index >= 15 is 0 Å². The first kappa shape index (κ1) is 12.3. The monoisotopic (exact) mass is 242 g/mol. The summed E-state index contributed by atoms with van der Waals surface area (Å²) in [4.78, 5) is 11.9. The molecule has 0 aromatic heterocycles. The molecule has 0 saturated carbocycles. The largest absolute Gasteiger partial charge is 0.507 e. The van der Waals surface area contributed by atoms with Gasteiger partial charge in [0, 0.05) is 6.42 Å². The van der Waals surface area contributed by atoms with E-state index < -0.39 is 6.10 Å². The normalized spacial score (nSPS) is 12.1. The van der Waals surface area contributed by atoms with Crippen LogP contribution in [0.4, 0.5) is 0 Å². The van der Waals surface area contributed by atoms with E-state index in [0.29, 0.717) is 5.56 Å². The Kier molecular flexibility index (Phi) is 3.75. The van der Waals surface area contributed by atoms with Crippen molar-refractivity contribution in [2.24, 2.45) is 0 Å². The number of carbonyl (C=O) groups is 1. The van der Waals surface area contributed by atoms with Crippen LogP contribution in [-0.2, 0) is 0 Å². The summed E-state index contributed by atoms with van der Waals surface area (Å²) in [5, 5.41) is 19.5. The van der Waals surface area contributed by atoms with Crippen LogP contribution in [0.3, 0.4) is 0 Å². The molecule has 18 heavy (non-hydrogen) atoms. The molecule has 0 spiro atoms. The zero-order chi connectivity index (χ0) is 13.0. The van der Waals surface area contributed by atoms with Crippen molar-refractivity contribution < 1.29 is 15.0 Å². The summed E-state index contributed by atoms with van der Waals surface area (Å²) in [6.07, 6.45) is -0.889. The van der Waals surface area contributed by atoms with E-state index in [2.05, 4.69) is 0 Å². The van der Waals surface area contributed by atoms with Gasteiger partial charge in [0.15, 0.2) is 5.78 Å². The number of phenolic OH excluding ortho intramolecular Hbond substituents is 1. The minimum Gasteiger partial charge on any atom is -0.507 e. The third-order valence-electron chi connectivity index (χ3n) is 2.77. The Morgan fingerprint density at radius 3 is 2.28 bits per heavy atom. The smallest absolute Gasteiger partial charge is 0.169 e. The average Bonchev–Trinajstić information content (AvgIpc) is 2.40. The third kappa shape index (κ3) is 2.76. The van der Waals surface area contributed by atoms with Crippen LogP contribution in [0.15, 0.2) is 54.6 Å². The molecule has 92 valence electrons. The fourth-order valence-corrected chi connectivity index (χ4v) is 1.79. The molecule has 0 fully saturated rings. The van der Waals surface area contributed by atoms with Gasteiger partial charge in [0.2, 0.25) is 0 Å². The summed E-state index contributed by atoms with van der Waals surface area (Å²) < 4.78 is 0. The second-order valence-corrected chi connectivity index (χ2v) is 4.07. The minimum absolute atomic E-state index is 0.0401. The molecule has 2 N–H and O–H groups in total. The number of aromatic hydroxyl groups is 1. The summed E-state index contributed by atoms with van der Waals surface area (Å²) in [5.41, 5.74) is 0.939. The highest BCUT2D eigenvalue weighted by atomic mass is 16.3. The maximum atomic E-state index is 11.9. The molecule has 2 aromatic rings. The molecule has 0 radical (unpaired) electrons. The number of aliphatic hydroxyl groups excluding tert-OH is 1. The molecule has 0 aliphatic heterocycles. The molecule has 3 nitrogen and oxygen atoms in total. The molecule has 0 aliphatic rings. The Balaban J connectivity index is 2.11. The third-order valence-corrected chi connectivity index (χ3v) is 2.77. The van der Waals surface area contributed by atoms with Crippen LogP contribution in [0.2, 0.25) is 0 Å². The Morgan fingerprint density at radius 2 is 1.61 bits per heavy atom. The zero-order valence-electron chi connectivity index (χ0n) is 9.78. The van der Waals surface area contributed by atoms with Gasteiger partial charge in [-0.25, -0.2) is 0 Å². The predicted octanol–water partition coefficient (Wildman–Crippen LogP) is 2.70. The van der Waals surface area contributed by atoms with E-state index in [0.717, 1.165) is 0 Å².